The van der Waals surface area contributed by atoms with Crippen molar-refractivity contribution in [3.05, 3.63) is 36.2 Å². The summed E-state index contributed by atoms with van der Waals surface area (Å²) in [5.74, 6) is -0.807. The van der Waals surface area contributed by atoms with E-state index in [-0.39, 0.29) is 5.69 Å². The van der Waals surface area contributed by atoms with Gasteiger partial charge in [-0.1, -0.05) is 12.1 Å². The largest absolute Gasteiger partial charge is 0.289 e. The number of para-hydroxylation sites is 2. The van der Waals surface area contributed by atoms with Gasteiger partial charge in [0.15, 0.2) is 0 Å². The van der Waals surface area contributed by atoms with Crippen LogP contribution in [-0.2, 0) is 0 Å². The Morgan fingerprint density at radius 2 is 1.92 bits per heavy atom. The fraction of sp³-hybridized carbons (Fsp3) is 0. The summed E-state index contributed by atoms with van der Waals surface area (Å²) in [6.45, 7) is 0. The highest BCUT2D eigenvalue weighted by atomic mass is 16.1. The molecule has 0 aliphatic heterocycles. The lowest BCUT2D eigenvalue weighted by Crippen LogP contribution is -2.03. The molecule has 0 aliphatic carbocycles. The van der Waals surface area contributed by atoms with Crippen LogP contribution in [0.3, 0.4) is 0 Å². The standard InChI is InChI=1S/C9H6N3O/c10-9(13)8-5-11-6-3-1-2-4-7(6)12-8/h1-5,10H. The maximum absolute atomic E-state index is 10.7. The summed E-state index contributed by atoms with van der Waals surface area (Å²) in [7, 11) is 0. The van der Waals surface area contributed by atoms with Crippen molar-refractivity contribution in [1.29, 1.82) is 0 Å². The lowest BCUT2D eigenvalue weighted by molar-refractivity contribution is 0.0987. The zero-order valence-electron chi connectivity index (χ0n) is 6.69. The van der Waals surface area contributed by atoms with Crippen LogP contribution in [0.25, 0.3) is 11.0 Å². The molecule has 1 aromatic heterocycles. The Morgan fingerprint density at radius 3 is 2.62 bits per heavy atom. The second-order valence-corrected chi connectivity index (χ2v) is 2.57. The van der Waals surface area contributed by atoms with Crippen molar-refractivity contribution in [2.45, 2.75) is 0 Å². The highest BCUT2D eigenvalue weighted by Crippen LogP contribution is 2.07. The Balaban J connectivity index is 2.69. The molecule has 1 heterocycles. The third-order valence-electron chi connectivity index (χ3n) is 1.68. The molecule has 4 heteroatoms. The van der Waals surface area contributed by atoms with Gasteiger partial charge in [0.25, 0.3) is 5.91 Å². The van der Waals surface area contributed by atoms with Gasteiger partial charge in [-0.05, 0) is 12.1 Å². The van der Waals surface area contributed by atoms with E-state index in [9.17, 15) is 4.79 Å². The van der Waals surface area contributed by atoms with E-state index in [2.05, 4.69) is 9.97 Å². The maximum Gasteiger partial charge on any atom is 0.289 e. The number of nitrogens with one attached hydrogen (secondary N) is 1. The first-order valence-electron chi connectivity index (χ1n) is 3.75. The molecule has 0 atom stereocenters. The molecule has 1 aromatic carbocycles. The average Bonchev–Trinajstić information content (AvgIpc) is 2.17. The van der Waals surface area contributed by atoms with Crippen LogP contribution >= 0.6 is 0 Å². The van der Waals surface area contributed by atoms with Crippen molar-refractivity contribution >= 4 is 16.9 Å². The Kier molecular flexibility index (Phi) is 1.66. The number of amides is 1. The number of hydrogen-bond donors (Lipinski definition) is 0. The molecule has 2 aromatic rings. The number of aromatic nitrogens is 2. The van der Waals surface area contributed by atoms with Crippen LogP contribution in [0.15, 0.2) is 30.5 Å². The molecule has 0 spiro atoms. The van der Waals surface area contributed by atoms with E-state index >= 15 is 0 Å². The quantitative estimate of drug-likeness (QED) is 0.645. The number of hydrogen-bond acceptors (Lipinski definition) is 3. The fourth-order valence-electron chi connectivity index (χ4n) is 1.07. The fourth-order valence-corrected chi connectivity index (χ4v) is 1.07. The van der Waals surface area contributed by atoms with E-state index in [1.54, 1.807) is 12.1 Å². The highest BCUT2D eigenvalue weighted by Gasteiger charge is 2.03. The normalized spacial score (nSPS) is 10.2. The molecule has 2 rings (SSSR count). The summed E-state index contributed by atoms with van der Waals surface area (Å²) in [5.41, 5.74) is 8.30. The van der Waals surface area contributed by atoms with E-state index in [1.807, 2.05) is 12.1 Å². The predicted octanol–water partition coefficient (Wildman–Crippen LogP) is 1.05. The van der Waals surface area contributed by atoms with Crippen molar-refractivity contribution in [1.82, 2.24) is 15.7 Å². The molecule has 13 heavy (non-hydrogen) atoms. The minimum atomic E-state index is -0.807. The average molecular weight is 172 g/mol. The smallest absolute Gasteiger partial charge is 0.266 e. The zero-order chi connectivity index (χ0) is 9.26. The van der Waals surface area contributed by atoms with Crippen LogP contribution in [0.1, 0.15) is 10.5 Å². The molecule has 63 valence electrons. The first-order valence-corrected chi connectivity index (χ1v) is 3.75. The molecule has 1 radical (unpaired) electrons. The first kappa shape index (κ1) is 7.67. The second kappa shape index (κ2) is 2.82. The van der Waals surface area contributed by atoms with E-state index in [0.717, 1.165) is 5.52 Å². The van der Waals surface area contributed by atoms with Crippen molar-refractivity contribution in [2.24, 2.45) is 0 Å². The van der Waals surface area contributed by atoms with Crippen LogP contribution in [0, 0.1) is 0 Å². The second-order valence-electron chi connectivity index (χ2n) is 2.57. The van der Waals surface area contributed by atoms with Crippen LogP contribution in [-0.4, -0.2) is 15.9 Å². The summed E-state index contributed by atoms with van der Waals surface area (Å²) in [6.07, 6.45) is 1.32. The third kappa shape index (κ3) is 1.33. The molecule has 0 unspecified atom stereocenters. The Morgan fingerprint density at radius 1 is 1.23 bits per heavy atom. The van der Waals surface area contributed by atoms with Crippen molar-refractivity contribution in [3.63, 3.8) is 0 Å². The van der Waals surface area contributed by atoms with Crippen molar-refractivity contribution < 1.29 is 4.79 Å². The van der Waals surface area contributed by atoms with E-state index in [4.69, 9.17) is 5.73 Å². The first-order chi connectivity index (χ1) is 6.27. The predicted molar refractivity (Wildman–Crippen MR) is 47.0 cm³/mol. The van der Waals surface area contributed by atoms with Crippen LogP contribution in [0.5, 0.6) is 0 Å². The number of fused-ring (bicyclic) bond motifs is 1. The Labute approximate surface area is 74.4 Å². The van der Waals surface area contributed by atoms with Crippen molar-refractivity contribution in [3.8, 4) is 0 Å². The van der Waals surface area contributed by atoms with Crippen molar-refractivity contribution in [2.75, 3.05) is 0 Å². The topological polar surface area (TPSA) is 66.7 Å². The van der Waals surface area contributed by atoms with E-state index < -0.39 is 5.91 Å². The van der Waals surface area contributed by atoms with E-state index in [0.29, 0.717) is 5.52 Å². The van der Waals surface area contributed by atoms with Gasteiger partial charge in [-0.2, -0.15) is 0 Å². The molecule has 0 aliphatic rings. The van der Waals surface area contributed by atoms with Gasteiger partial charge in [0.1, 0.15) is 5.69 Å². The summed E-state index contributed by atoms with van der Waals surface area (Å²) in [6, 6.07) is 7.23. The lowest BCUT2D eigenvalue weighted by atomic mass is 10.3. The van der Waals surface area contributed by atoms with E-state index in [1.165, 1.54) is 6.20 Å². The van der Waals surface area contributed by atoms with Gasteiger partial charge in [-0.25, -0.2) is 4.98 Å². The highest BCUT2D eigenvalue weighted by molar-refractivity contribution is 5.91. The number of rotatable bonds is 1. The molecule has 0 fully saturated rings. The molecule has 1 N–H and O–H groups in total. The molecule has 4 nitrogen and oxygen atoms in total. The van der Waals surface area contributed by atoms with Crippen LogP contribution < -0.4 is 5.73 Å². The molecular formula is C9H6N3O. The summed E-state index contributed by atoms with van der Waals surface area (Å²) >= 11 is 0. The lowest BCUT2D eigenvalue weighted by Gasteiger charge is -1.96. The SMILES string of the molecule is [NH]C(=O)c1cnc2ccccc2n1. The number of carbonyl (C=O) groups is 1. The molecule has 1 amide bonds. The van der Waals surface area contributed by atoms with Gasteiger partial charge in [-0.3, -0.25) is 15.5 Å². The Bertz CT molecular complexity index is 467. The Hall–Kier alpha value is -1.97. The molecule has 0 saturated heterocycles. The van der Waals surface area contributed by atoms with Gasteiger partial charge in [0.05, 0.1) is 17.2 Å². The van der Waals surface area contributed by atoms with Gasteiger partial charge in [0.2, 0.25) is 0 Å². The maximum atomic E-state index is 10.7. The van der Waals surface area contributed by atoms with Crippen LogP contribution in [0.2, 0.25) is 0 Å². The molecule has 0 bridgehead atoms. The summed E-state index contributed by atoms with van der Waals surface area (Å²) < 4.78 is 0. The molecular weight excluding hydrogens is 166 g/mol. The van der Waals surface area contributed by atoms with Crippen LogP contribution in [0.4, 0.5) is 0 Å². The van der Waals surface area contributed by atoms with Gasteiger partial charge in [0, 0.05) is 0 Å². The number of carbonyl (C=O) groups excluding carboxylic acids is 1. The minimum Gasteiger partial charge on any atom is -0.266 e. The zero-order valence-corrected chi connectivity index (χ0v) is 6.69. The third-order valence-corrected chi connectivity index (χ3v) is 1.68. The summed E-state index contributed by atoms with van der Waals surface area (Å²) in [4.78, 5) is 18.6. The summed E-state index contributed by atoms with van der Waals surface area (Å²) in [5, 5.41) is 0. The van der Waals surface area contributed by atoms with Gasteiger partial charge < -0.3 is 0 Å². The monoisotopic (exact) mass is 172 g/mol. The minimum absolute atomic E-state index is 0.0821. The number of benzene rings is 1. The number of nitrogens with zero attached hydrogens (tertiary/aromatic N) is 2. The van der Waals surface area contributed by atoms with Gasteiger partial charge >= 0.3 is 0 Å². The van der Waals surface area contributed by atoms with Gasteiger partial charge in [-0.15, -0.1) is 0 Å². The molecule has 0 saturated carbocycles.